The normalized spacial score (nSPS) is 11.9. The van der Waals surface area contributed by atoms with Crippen molar-refractivity contribution in [2.45, 2.75) is 11.4 Å². The Morgan fingerprint density at radius 3 is 2.24 bits per heavy atom. The maximum Gasteiger partial charge on any atom is 0.184 e. The molecular formula is C23H19FN2OS2. The fourth-order valence-electron chi connectivity index (χ4n) is 2.97. The molecule has 0 aliphatic rings. The number of rotatable bonds is 6. The van der Waals surface area contributed by atoms with Crippen LogP contribution in [0.25, 0.3) is 21.7 Å². The molecule has 0 saturated carbocycles. The molecule has 29 heavy (non-hydrogen) atoms. The van der Waals surface area contributed by atoms with E-state index in [1.165, 1.54) is 17.7 Å². The molecule has 0 fully saturated rings. The van der Waals surface area contributed by atoms with Crippen molar-refractivity contribution in [3.63, 3.8) is 0 Å². The summed E-state index contributed by atoms with van der Waals surface area (Å²) < 4.78 is 25.1. The van der Waals surface area contributed by atoms with Crippen molar-refractivity contribution in [3.05, 3.63) is 90.2 Å². The minimum absolute atomic E-state index is 0.275. The standard InChI is InChI=1S/C23H19FN2OS2/c1-29(27)20-13-9-18(10-14-20)22-21(17-7-11-19(24)12-8-17)26-23(28-22)25-15-16-5-3-2-4-6-16/h2-14H,15H2,1H3,(H,25,26). The lowest BCUT2D eigenvalue weighted by atomic mass is 10.1. The Balaban J connectivity index is 1.70. The molecule has 1 N–H and O–H groups in total. The fourth-order valence-corrected chi connectivity index (χ4v) is 4.47. The first-order chi connectivity index (χ1) is 14.1. The Bertz CT molecular complexity index is 1120. The number of aromatic nitrogens is 1. The van der Waals surface area contributed by atoms with Gasteiger partial charge in [-0.3, -0.25) is 4.21 Å². The molecule has 3 aromatic carbocycles. The van der Waals surface area contributed by atoms with Crippen LogP contribution < -0.4 is 5.32 Å². The summed E-state index contributed by atoms with van der Waals surface area (Å²) in [5.74, 6) is -0.275. The maximum absolute atomic E-state index is 13.4. The largest absolute Gasteiger partial charge is 0.357 e. The number of hydrogen-bond acceptors (Lipinski definition) is 4. The van der Waals surface area contributed by atoms with Crippen LogP contribution in [0.3, 0.4) is 0 Å². The molecule has 6 heteroatoms. The van der Waals surface area contributed by atoms with Gasteiger partial charge in [0.15, 0.2) is 5.13 Å². The van der Waals surface area contributed by atoms with Gasteiger partial charge < -0.3 is 5.32 Å². The number of halogens is 1. The van der Waals surface area contributed by atoms with E-state index >= 15 is 0 Å². The van der Waals surface area contributed by atoms with Gasteiger partial charge in [-0.15, -0.1) is 0 Å². The predicted octanol–water partition coefficient (Wildman–Crippen LogP) is 5.97. The fraction of sp³-hybridized carbons (Fsp3) is 0.0870. The zero-order valence-electron chi connectivity index (χ0n) is 15.8. The second kappa shape index (κ2) is 8.68. The Kier molecular flexibility index (Phi) is 5.83. The van der Waals surface area contributed by atoms with Gasteiger partial charge in [0.2, 0.25) is 0 Å². The van der Waals surface area contributed by atoms with Crippen molar-refractivity contribution in [1.82, 2.24) is 4.98 Å². The molecule has 0 aliphatic heterocycles. The highest BCUT2D eigenvalue weighted by molar-refractivity contribution is 7.84. The molecule has 1 heterocycles. The van der Waals surface area contributed by atoms with E-state index in [4.69, 9.17) is 4.98 Å². The van der Waals surface area contributed by atoms with Crippen molar-refractivity contribution in [2.75, 3.05) is 11.6 Å². The Hall–Kier alpha value is -2.83. The first kappa shape index (κ1) is 19.5. The van der Waals surface area contributed by atoms with Crippen LogP contribution in [0.1, 0.15) is 5.56 Å². The molecule has 0 radical (unpaired) electrons. The summed E-state index contributed by atoms with van der Waals surface area (Å²) in [5.41, 5.74) is 3.82. The molecule has 0 spiro atoms. The minimum atomic E-state index is -1.02. The second-order valence-corrected chi connectivity index (χ2v) is 8.90. The van der Waals surface area contributed by atoms with Crippen molar-refractivity contribution >= 4 is 27.3 Å². The van der Waals surface area contributed by atoms with Crippen LogP contribution in [0.2, 0.25) is 0 Å². The van der Waals surface area contributed by atoms with E-state index in [1.54, 1.807) is 29.7 Å². The molecule has 3 nitrogen and oxygen atoms in total. The summed E-state index contributed by atoms with van der Waals surface area (Å²) in [5, 5.41) is 4.18. The zero-order chi connectivity index (χ0) is 20.2. The molecule has 146 valence electrons. The number of hydrogen-bond donors (Lipinski definition) is 1. The lowest BCUT2D eigenvalue weighted by Crippen LogP contribution is -1.98. The minimum Gasteiger partial charge on any atom is -0.357 e. The van der Waals surface area contributed by atoms with E-state index in [2.05, 4.69) is 17.4 Å². The number of thiazole rings is 1. The number of nitrogens with one attached hydrogen (secondary N) is 1. The highest BCUT2D eigenvalue weighted by atomic mass is 32.2. The average Bonchev–Trinajstić information content (AvgIpc) is 3.18. The van der Waals surface area contributed by atoms with Gasteiger partial charge in [-0.1, -0.05) is 53.8 Å². The van der Waals surface area contributed by atoms with Crippen LogP contribution >= 0.6 is 11.3 Å². The summed E-state index contributed by atoms with van der Waals surface area (Å²) >= 11 is 1.55. The topological polar surface area (TPSA) is 42.0 Å². The Morgan fingerprint density at radius 1 is 0.931 bits per heavy atom. The van der Waals surface area contributed by atoms with E-state index in [9.17, 15) is 8.60 Å². The zero-order valence-corrected chi connectivity index (χ0v) is 17.4. The maximum atomic E-state index is 13.4. The smallest absolute Gasteiger partial charge is 0.184 e. The quantitative estimate of drug-likeness (QED) is 0.416. The number of nitrogens with zero attached hydrogens (tertiary/aromatic N) is 1. The number of benzene rings is 3. The Labute approximate surface area is 175 Å². The summed E-state index contributed by atoms with van der Waals surface area (Å²) in [6, 6.07) is 24.2. The molecule has 0 amide bonds. The monoisotopic (exact) mass is 422 g/mol. The lowest BCUT2D eigenvalue weighted by Gasteiger charge is -2.04. The van der Waals surface area contributed by atoms with Gasteiger partial charge >= 0.3 is 0 Å². The third-order valence-electron chi connectivity index (χ3n) is 4.48. The number of anilines is 1. The second-order valence-electron chi connectivity index (χ2n) is 6.52. The SMILES string of the molecule is CS(=O)c1ccc(-c2sc(NCc3ccccc3)nc2-c2ccc(F)cc2)cc1. The first-order valence-corrected chi connectivity index (χ1v) is 11.5. The molecule has 1 atom stereocenters. The molecule has 0 aliphatic carbocycles. The van der Waals surface area contributed by atoms with Crippen molar-refractivity contribution in [1.29, 1.82) is 0 Å². The van der Waals surface area contributed by atoms with E-state index in [0.29, 0.717) is 6.54 Å². The van der Waals surface area contributed by atoms with Crippen LogP contribution in [0.5, 0.6) is 0 Å². The average molecular weight is 423 g/mol. The van der Waals surface area contributed by atoms with Crippen LogP contribution in [0.4, 0.5) is 9.52 Å². The highest BCUT2D eigenvalue weighted by Crippen LogP contribution is 2.39. The lowest BCUT2D eigenvalue weighted by molar-refractivity contribution is 0.628. The predicted molar refractivity (Wildman–Crippen MR) is 119 cm³/mol. The van der Waals surface area contributed by atoms with Crippen molar-refractivity contribution < 1.29 is 8.60 Å². The molecule has 0 saturated heterocycles. The summed E-state index contributed by atoms with van der Waals surface area (Å²) in [4.78, 5) is 6.55. The van der Waals surface area contributed by atoms with Crippen molar-refractivity contribution in [2.24, 2.45) is 0 Å². The van der Waals surface area contributed by atoms with Gasteiger partial charge in [0.25, 0.3) is 0 Å². The van der Waals surface area contributed by atoms with Crippen molar-refractivity contribution in [3.8, 4) is 21.7 Å². The molecular weight excluding hydrogens is 403 g/mol. The van der Waals surface area contributed by atoms with Gasteiger partial charge in [0.1, 0.15) is 5.82 Å². The summed E-state index contributed by atoms with van der Waals surface area (Å²) in [7, 11) is -1.02. The highest BCUT2D eigenvalue weighted by Gasteiger charge is 2.15. The van der Waals surface area contributed by atoms with E-state index in [0.717, 1.165) is 31.7 Å². The Morgan fingerprint density at radius 2 is 1.59 bits per heavy atom. The molecule has 4 aromatic rings. The molecule has 1 unspecified atom stereocenters. The third-order valence-corrected chi connectivity index (χ3v) is 6.48. The first-order valence-electron chi connectivity index (χ1n) is 9.08. The van der Waals surface area contributed by atoms with Gasteiger partial charge in [-0.25, -0.2) is 9.37 Å². The van der Waals surface area contributed by atoms with Crippen LogP contribution in [-0.4, -0.2) is 15.4 Å². The molecule has 0 bridgehead atoms. The van der Waals surface area contributed by atoms with E-state index in [-0.39, 0.29) is 5.82 Å². The third kappa shape index (κ3) is 4.60. The van der Waals surface area contributed by atoms with Crippen LogP contribution in [-0.2, 0) is 17.3 Å². The van der Waals surface area contributed by atoms with Gasteiger partial charge in [0, 0.05) is 34.1 Å². The van der Waals surface area contributed by atoms with Crippen LogP contribution in [0, 0.1) is 5.82 Å². The van der Waals surface area contributed by atoms with Crippen LogP contribution in [0.15, 0.2) is 83.8 Å². The summed E-state index contributed by atoms with van der Waals surface area (Å²) in [6.45, 7) is 0.671. The van der Waals surface area contributed by atoms with Gasteiger partial charge in [-0.2, -0.15) is 0 Å². The molecule has 4 rings (SSSR count). The van der Waals surface area contributed by atoms with E-state index in [1.807, 2.05) is 42.5 Å². The molecule has 1 aromatic heterocycles. The summed E-state index contributed by atoms with van der Waals surface area (Å²) in [6.07, 6.45) is 1.66. The van der Waals surface area contributed by atoms with E-state index < -0.39 is 10.8 Å². The van der Waals surface area contributed by atoms with Gasteiger partial charge in [0.05, 0.1) is 10.6 Å². The van der Waals surface area contributed by atoms with Gasteiger partial charge in [-0.05, 0) is 47.5 Å².